The molecule has 1 aromatic heterocycles. The molecule has 0 saturated heterocycles. The van der Waals surface area contributed by atoms with Gasteiger partial charge in [-0.1, -0.05) is 19.1 Å². The van der Waals surface area contributed by atoms with Gasteiger partial charge in [0.25, 0.3) is 0 Å². The number of hydrogen-bond donors (Lipinski definition) is 1. The highest BCUT2D eigenvalue weighted by atomic mass is 32.1. The van der Waals surface area contributed by atoms with E-state index in [1.165, 1.54) is 37.3 Å². The molecule has 3 aromatic rings. The number of nitrogens with one attached hydrogen (secondary N) is 1. The van der Waals surface area contributed by atoms with E-state index in [0.29, 0.717) is 28.3 Å². The van der Waals surface area contributed by atoms with Gasteiger partial charge in [0, 0.05) is 11.4 Å². The molecule has 0 aliphatic rings. The van der Waals surface area contributed by atoms with Crippen LogP contribution in [0.5, 0.6) is 11.6 Å². The highest BCUT2D eigenvalue weighted by Gasteiger charge is 2.36. The Balaban J connectivity index is 1.79. The summed E-state index contributed by atoms with van der Waals surface area (Å²) in [4.78, 5) is 3.79. The molecule has 0 aliphatic heterocycles. The molecule has 0 saturated carbocycles. The molecule has 3 nitrogen and oxygen atoms in total. The van der Waals surface area contributed by atoms with Crippen LogP contribution in [-0.2, 0) is 6.18 Å². The van der Waals surface area contributed by atoms with Crippen LogP contribution in [0.3, 0.4) is 0 Å². The first-order valence-electron chi connectivity index (χ1n) is 8.93. The second-order valence-corrected chi connectivity index (χ2v) is 7.46. The molecule has 0 fully saturated rings. The number of benzene rings is 2. The van der Waals surface area contributed by atoms with E-state index in [1.54, 1.807) is 18.2 Å². The van der Waals surface area contributed by atoms with Crippen molar-refractivity contribution in [2.24, 2.45) is 0 Å². The van der Waals surface area contributed by atoms with Crippen molar-refractivity contribution in [1.29, 1.82) is 0 Å². The van der Waals surface area contributed by atoms with Gasteiger partial charge in [-0.25, -0.2) is 8.78 Å². The monoisotopic (exact) mass is 440 g/mol. The molecule has 158 valence electrons. The number of nitrogens with zero attached hydrogens (tertiary/aromatic N) is 1. The van der Waals surface area contributed by atoms with E-state index >= 15 is 0 Å². The predicted molar refractivity (Wildman–Crippen MR) is 107 cm³/mol. The smallest absolute Gasteiger partial charge is 0.438 e. The van der Waals surface area contributed by atoms with Gasteiger partial charge in [0.15, 0.2) is 0 Å². The van der Waals surface area contributed by atoms with E-state index in [2.05, 4.69) is 10.3 Å². The minimum atomic E-state index is -4.53. The lowest BCUT2D eigenvalue weighted by molar-refractivity contribution is -0.137. The van der Waals surface area contributed by atoms with Crippen molar-refractivity contribution < 1.29 is 26.7 Å². The fourth-order valence-corrected chi connectivity index (χ4v) is 3.36. The zero-order valence-corrected chi connectivity index (χ0v) is 16.8. The molecular weight excluding hydrogens is 423 g/mol. The summed E-state index contributed by atoms with van der Waals surface area (Å²) in [6.07, 6.45) is -2.33. The third-order valence-corrected chi connectivity index (χ3v) is 4.98. The SMILES string of the molecule is CC/C=C(\Nc1ccc(Oc2nc(C(F)(F)F)sc2C)cc1)c1c(F)cccc1F. The maximum Gasteiger partial charge on any atom is 0.443 e. The number of allylic oxidation sites excluding steroid dienone is 1. The summed E-state index contributed by atoms with van der Waals surface area (Å²) < 4.78 is 72.0. The molecule has 2 aromatic carbocycles. The number of ether oxygens (including phenoxy) is 1. The first-order valence-corrected chi connectivity index (χ1v) is 9.74. The third kappa shape index (κ3) is 4.96. The lowest BCUT2D eigenvalue weighted by Gasteiger charge is -2.14. The molecular formula is C21H17F5N2OS. The largest absolute Gasteiger partial charge is 0.443 e. The van der Waals surface area contributed by atoms with Crippen molar-refractivity contribution in [2.45, 2.75) is 26.4 Å². The first kappa shape index (κ1) is 21.8. The van der Waals surface area contributed by atoms with E-state index < -0.39 is 22.8 Å². The van der Waals surface area contributed by atoms with Crippen LogP contribution in [-0.4, -0.2) is 4.98 Å². The maximum atomic E-state index is 14.1. The Morgan fingerprint density at radius 2 is 1.73 bits per heavy atom. The number of rotatable bonds is 6. The molecule has 0 bridgehead atoms. The Kier molecular flexibility index (Phi) is 6.40. The summed E-state index contributed by atoms with van der Waals surface area (Å²) in [7, 11) is 0. The second kappa shape index (κ2) is 8.83. The zero-order valence-electron chi connectivity index (χ0n) is 16.0. The average Bonchev–Trinajstić information content (AvgIpc) is 3.04. The zero-order chi connectivity index (χ0) is 21.9. The quantitative estimate of drug-likeness (QED) is 0.406. The molecule has 0 amide bonds. The van der Waals surface area contributed by atoms with E-state index in [9.17, 15) is 22.0 Å². The van der Waals surface area contributed by atoms with Crippen LogP contribution < -0.4 is 10.1 Å². The lowest BCUT2D eigenvalue weighted by atomic mass is 10.1. The highest BCUT2D eigenvalue weighted by Crippen LogP contribution is 2.38. The van der Waals surface area contributed by atoms with E-state index in [0.717, 1.165) is 0 Å². The molecule has 3 rings (SSSR count). The normalized spacial score (nSPS) is 12.2. The summed E-state index contributed by atoms with van der Waals surface area (Å²) in [6.45, 7) is 3.33. The van der Waals surface area contributed by atoms with E-state index in [4.69, 9.17) is 4.74 Å². The molecule has 0 aliphatic carbocycles. The number of thiazole rings is 1. The number of anilines is 1. The number of alkyl halides is 3. The van der Waals surface area contributed by atoms with Crippen molar-refractivity contribution in [2.75, 3.05) is 5.32 Å². The van der Waals surface area contributed by atoms with Crippen molar-refractivity contribution in [3.8, 4) is 11.6 Å². The lowest BCUT2D eigenvalue weighted by Crippen LogP contribution is -2.04. The molecule has 30 heavy (non-hydrogen) atoms. The molecule has 0 atom stereocenters. The van der Waals surface area contributed by atoms with Crippen LogP contribution in [0.1, 0.15) is 28.8 Å². The minimum absolute atomic E-state index is 0.118. The Labute approximate surface area is 173 Å². The van der Waals surface area contributed by atoms with Crippen molar-refractivity contribution in [3.63, 3.8) is 0 Å². The second-order valence-electron chi connectivity index (χ2n) is 6.25. The van der Waals surface area contributed by atoms with Crippen LogP contribution in [0.25, 0.3) is 5.70 Å². The Bertz CT molecular complexity index is 1040. The van der Waals surface area contributed by atoms with Gasteiger partial charge in [-0.3, -0.25) is 0 Å². The summed E-state index contributed by atoms with van der Waals surface area (Å²) >= 11 is 0.506. The Morgan fingerprint density at radius 1 is 1.10 bits per heavy atom. The van der Waals surface area contributed by atoms with Gasteiger partial charge in [0.1, 0.15) is 17.4 Å². The fraction of sp³-hybridized carbons (Fsp3) is 0.190. The number of aromatic nitrogens is 1. The summed E-state index contributed by atoms with van der Waals surface area (Å²) in [5, 5.41) is 1.99. The van der Waals surface area contributed by atoms with Crippen LogP contribution >= 0.6 is 11.3 Å². The Morgan fingerprint density at radius 3 is 2.27 bits per heavy atom. The molecule has 1 N–H and O–H groups in total. The Hall–Kier alpha value is -2.94. The van der Waals surface area contributed by atoms with Gasteiger partial charge in [-0.15, -0.1) is 11.3 Å². The number of hydrogen-bond acceptors (Lipinski definition) is 4. The van der Waals surface area contributed by atoms with Gasteiger partial charge in [0.2, 0.25) is 10.9 Å². The van der Waals surface area contributed by atoms with Crippen LogP contribution in [0.2, 0.25) is 0 Å². The van der Waals surface area contributed by atoms with Crippen molar-refractivity contribution >= 4 is 22.7 Å². The van der Waals surface area contributed by atoms with Gasteiger partial charge in [0.05, 0.1) is 10.4 Å². The number of aryl methyl sites for hydroxylation is 1. The standard InChI is InChI=1S/C21H17F5N2OS/c1-3-5-17(18-15(22)6-4-7-16(18)23)27-13-8-10-14(11-9-13)29-19-12(2)30-20(28-19)21(24,25)26/h4-11,27H,3H2,1-2H3/b17-5-. The van der Waals surface area contributed by atoms with Crippen LogP contribution in [0, 0.1) is 18.6 Å². The van der Waals surface area contributed by atoms with Gasteiger partial charge >= 0.3 is 6.18 Å². The van der Waals surface area contributed by atoms with E-state index in [1.807, 2.05) is 6.92 Å². The highest BCUT2D eigenvalue weighted by molar-refractivity contribution is 7.11. The first-order chi connectivity index (χ1) is 14.2. The van der Waals surface area contributed by atoms with Gasteiger partial charge in [-0.2, -0.15) is 18.2 Å². The van der Waals surface area contributed by atoms with Crippen molar-refractivity contribution in [3.05, 3.63) is 75.6 Å². The molecule has 0 radical (unpaired) electrons. The average molecular weight is 440 g/mol. The summed E-state index contributed by atoms with van der Waals surface area (Å²) in [5.74, 6) is -1.22. The molecule has 0 unspecified atom stereocenters. The number of halogens is 5. The van der Waals surface area contributed by atoms with Gasteiger partial charge < -0.3 is 10.1 Å². The molecule has 1 heterocycles. The van der Waals surface area contributed by atoms with Crippen molar-refractivity contribution in [1.82, 2.24) is 4.98 Å². The minimum Gasteiger partial charge on any atom is -0.438 e. The maximum absolute atomic E-state index is 14.1. The topological polar surface area (TPSA) is 34.1 Å². The molecule has 0 spiro atoms. The van der Waals surface area contributed by atoms with Gasteiger partial charge in [-0.05, 0) is 49.7 Å². The fourth-order valence-electron chi connectivity index (χ4n) is 2.65. The third-order valence-electron chi connectivity index (χ3n) is 3.98. The summed E-state index contributed by atoms with van der Waals surface area (Å²) in [6, 6.07) is 9.85. The summed E-state index contributed by atoms with van der Waals surface area (Å²) in [5.41, 5.74) is 0.625. The molecule has 9 heteroatoms. The van der Waals surface area contributed by atoms with Crippen LogP contribution in [0.4, 0.5) is 27.6 Å². The van der Waals surface area contributed by atoms with E-state index in [-0.39, 0.29) is 22.9 Å². The predicted octanol–water partition coefficient (Wildman–Crippen LogP) is 7.40. The van der Waals surface area contributed by atoms with Crippen LogP contribution in [0.15, 0.2) is 48.5 Å².